The Kier molecular flexibility index (Phi) is 7.60. The second-order valence-corrected chi connectivity index (χ2v) is 9.64. The van der Waals surface area contributed by atoms with E-state index >= 15 is 0 Å². The number of rotatable bonds is 7. The summed E-state index contributed by atoms with van der Waals surface area (Å²) in [7, 11) is 0. The van der Waals surface area contributed by atoms with Crippen LogP contribution in [0.2, 0.25) is 0 Å². The van der Waals surface area contributed by atoms with Crippen LogP contribution in [0.5, 0.6) is 0 Å². The summed E-state index contributed by atoms with van der Waals surface area (Å²) in [6.45, 7) is 7.57. The number of aliphatic hydroxyl groups is 1. The monoisotopic (exact) mass is 482 g/mol. The van der Waals surface area contributed by atoms with Crippen LogP contribution in [0.25, 0.3) is 22.3 Å². The largest absolute Gasteiger partial charge is 0.383 e. The first-order valence-corrected chi connectivity index (χ1v) is 12.1. The summed E-state index contributed by atoms with van der Waals surface area (Å²) >= 11 is 0. The van der Waals surface area contributed by atoms with E-state index in [0.717, 1.165) is 48.2 Å². The number of aromatic nitrogens is 2. The average molecular weight is 483 g/mol. The lowest BCUT2D eigenvalue weighted by Gasteiger charge is -2.34. The highest BCUT2D eigenvalue weighted by Gasteiger charge is 2.25. The van der Waals surface area contributed by atoms with Gasteiger partial charge in [0, 0.05) is 36.1 Å². The van der Waals surface area contributed by atoms with Gasteiger partial charge < -0.3 is 15.3 Å². The predicted octanol–water partition coefficient (Wildman–Crippen LogP) is 4.89. The van der Waals surface area contributed by atoms with E-state index in [1.54, 1.807) is 18.2 Å². The Bertz CT molecular complexity index is 1190. The number of piperidine rings is 1. The van der Waals surface area contributed by atoms with E-state index in [9.17, 15) is 18.7 Å². The number of nitrogens with zero attached hydrogens (tertiary/aromatic N) is 3. The molecule has 0 bridgehead atoms. The van der Waals surface area contributed by atoms with Crippen LogP contribution in [0.4, 0.5) is 14.6 Å². The summed E-state index contributed by atoms with van der Waals surface area (Å²) < 4.78 is 27.4. The fourth-order valence-electron chi connectivity index (χ4n) is 4.48. The number of amides is 1. The van der Waals surface area contributed by atoms with Crippen LogP contribution in [0, 0.1) is 18.8 Å². The minimum Gasteiger partial charge on any atom is -0.383 e. The molecule has 2 N–H and O–H groups in total. The molecule has 0 unspecified atom stereocenters. The van der Waals surface area contributed by atoms with Crippen LogP contribution in [0.15, 0.2) is 42.5 Å². The van der Waals surface area contributed by atoms with Gasteiger partial charge in [-0.1, -0.05) is 44.2 Å². The molecule has 1 atom stereocenters. The van der Waals surface area contributed by atoms with Gasteiger partial charge in [0.15, 0.2) is 5.82 Å². The number of halogens is 2. The van der Waals surface area contributed by atoms with Crippen molar-refractivity contribution in [3.63, 3.8) is 0 Å². The van der Waals surface area contributed by atoms with Crippen molar-refractivity contribution < 1.29 is 18.7 Å². The molecule has 1 aromatic heterocycles. The molecule has 1 fully saturated rings. The minimum atomic E-state index is -2.62. The van der Waals surface area contributed by atoms with Gasteiger partial charge in [0.25, 0.3) is 6.43 Å². The number of hydrogen-bond acceptors (Lipinski definition) is 5. The zero-order chi connectivity index (χ0) is 25.1. The van der Waals surface area contributed by atoms with Gasteiger partial charge >= 0.3 is 0 Å². The maximum absolute atomic E-state index is 13.7. The summed E-state index contributed by atoms with van der Waals surface area (Å²) in [6, 6.07) is 12.3. The predicted molar refractivity (Wildman–Crippen MR) is 133 cm³/mol. The third kappa shape index (κ3) is 5.59. The highest BCUT2D eigenvalue weighted by Crippen LogP contribution is 2.34. The van der Waals surface area contributed by atoms with Crippen molar-refractivity contribution in [2.75, 3.05) is 24.5 Å². The molecule has 2 aromatic carbocycles. The highest BCUT2D eigenvalue weighted by molar-refractivity contribution is 5.91. The van der Waals surface area contributed by atoms with Gasteiger partial charge in [0.2, 0.25) is 5.91 Å². The number of carbonyl (C=O) groups excluding carboxylic acids is 1. The van der Waals surface area contributed by atoms with E-state index in [0.29, 0.717) is 23.9 Å². The average Bonchev–Trinajstić information content (AvgIpc) is 2.86. The van der Waals surface area contributed by atoms with Crippen molar-refractivity contribution in [3.05, 3.63) is 53.6 Å². The summed E-state index contributed by atoms with van der Waals surface area (Å²) in [5, 5.41) is 13.7. The lowest BCUT2D eigenvalue weighted by molar-refractivity contribution is -0.131. The zero-order valence-electron chi connectivity index (χ0n) is 20.3. The molecule has 1 amide bonds. The second-order valence-electron chi connectivity index (χ2n) is 9.64. The molecule has 3 aromatic rings. The lowest BCUT2D eigenvalue weighted by atomic mass is 9.96. The first-order valence-electron chi connectivity index (χ1n) is 12.1. The fraction of sp³-hybridized carbons (Fsp3) is 0.444. The van der Waals surface area contributed by atoms with Crippen molar-refractivity contribution in [2.24, 2.45) is 11.8 Å². The smallest absolute Gasteiger partial charge is 0.264 e. The van der Waals surface area contributed by atoms with Crippen LogP contribution in [0.1, 0.15) is 44.2 Å². The number of aryl methyl sites for hydroxylation is 1. The third-order valence-corrected chi connectivity index (χ3v) is 6.65. The van der Waals surface area contributed by atoms with E-state index in [1.807, 2.05) is 39.0 Å². The highest BCUT2D eigenvalue weighted by atomic mass is 19.3. The summed E-state index contributed by atoms with van der Waals surface area (Å²) in [6.07, 6.45) is -1.93. The number of benzene rings is 2. The van der Waals surface area contributed by atoms with E-state index < -0.39 is 12.5 Å². The molecule has 0 radical (unpaired) electrons. The Labute approximate surface area is 204 Å². The van der Waals surface area contributed by atoms with Gasteiger partial charge in [-0.15, -0.1) is 0 Å². The number of nitrogens with one attached hydrogen (secondary N) is 1. The fourth-order valence-corrected chi connectivity index (χ4v) is 4.48. The Morgan fingerprint density at radius 1 is 1.14 bits per heavy atom. The lowest BCUT2D eigenvalue weighted by Crippen LogP contribution is -2.43. The molecule has 0 spiro atoms. The number of alkyl halides is 2. The molecular weight excluding hydrogens is 450 g/mol. The normalized spacial score (nSPS) is 15.7. The van der Waals surface area contributed by atoms with Gasteiger partial charge in [-0.05, 0) is 49.3 Å². The van der Waals surface area contributed by atoms with Crippen molar-refractivity contribution in [1.82, 2.24) is 15.3 Å². The van der Waals surface area contributed by atoms with Gasteiger partial charge in [-0.2, -0.15) is 0 Å². The SMILES string of the molecule is Cc1ccc2c(N3CCC(CNC(=O)[C@@H](O)C(C)C)CC3)nc(-c3ccccc3C(F)F)nc2c1. The van der Waals surface area contributed by atoms with Crippen LogP contribution >= 0.6 is 0 Å². The summed E-state index contributed by atoms with van der Waals surface area (Å²) in [4.78, 5) is 23.7. The molecular formula is C27H32F2N4O2. The number of anilines is 1. The van der Waals surface area contributed by atoms with Gasteiger partial charge in [-0.25, -0.2) is 18.7 Å². The maximum atomic E-state index is 13.7. The van der Waals surface area contributed by atoms with E-state index in [2.05, 4.69) is 15.2 Å². The van der Waals surface area contributed by atoms with Crippen molar-refractivity contribution in [3.8, 4) is 11.4 Å². The number of aliphatic hydroxyl groups excluding tert-OH is 1. The van der Waals surface area contributed by atoms with Gasteiger partial charge in [-0.3, -0.25) is 4.79 Å². The van der Waals surface area contributed by atoms with E-state index in [4.69, 9.17) is 4.98 Å². The molecule has 1 aliphatic heterocycles. The molecule has 0 aliphatic carbocycles. The first kappa shape index (κ1) is 25.0. The third-order valence-electron chi connectivity index (χ3n) is 6.65. The molecule has 1 saturated heterocycles. The minimum absolute atomic E-state index is 0.0801. The molecule has 8 heteroatoms. The molecule has 6 nitrogen and oxygen atoms in total. The molecule has 2 heterocycles. The number of fused-ring (bicyclic) bond motifs is 1. The quantitative estimate of drug-likeness (QED) is 0.501. The van der Waals surface area contributed by atoms with Crippen molar-refractivity contribution in [1.29, 1.82) is 0 Å². The Balaban J connectivity index is 1.58. The van der Waals surface area contributed by atoms with Crippen molar-refractivity contribution in [2.45, 2.75) is 46.1 Å². The zero-order valence-corrected chi connectivity index (χ0v) is 20.3. The van der Waals surface area contributed by atoms with Gasteiger partial charge in [0.05, 0.1) is 5.52 Å². The standard InChI is InChI=1S/C27H32F2N4O2/c1-16(2)23(34)27(35)30-15-18-10-12-33(13-11-18)26-21-9-8-17(3)14-22(21)31-25(32-26)20-7-5-4-6-19(20)24(28)29/h4-9,14,16,18,23-24,34H,10-13,15H2,1-3H3,(H,30,35)/t23-/m0/s1. The topological polar surface area (TPSA) is 78.4 Å². The number of carbonyl (C=O) groups is 1. The maximum Gasteiger partial charge on any atom is 0.264 e. The Hall–Kier alpha value is -3.13. The summed E-state index contributed by atoms with van der Waals surface area (Å²) in [5.74, 6) is 0.875. The van der Waals surface area contributed by atoms with Crippen LogP contribution in [-0.4, -0.2) is 46.7 Å². The van der Waals surface area contributed by atoms with Crippen molar-refractivity contribution >= 4 is 22.6 Å². The molecule has 35 heavy (non-hydrogen) atoms. The molecule has 4 rings (SSSR count). The second kappa shape index (κ2) is 10.6. The van der Waals surface area contributed by atoms with E-state index in [-0.39, 0.29) is 17.4 Å². The molecule has 0 saturated carbocycles. The van der Waals surface area contributed by atoms with Crippen LogP contribution in [-0.2, 0) is 4.79 Å². The first-order chi connectivity index (χ1) is 16.7. The molecule has 1 aliphatic rings. The Morgan fingerprint density at radius 3 is 2.54 bits per heavy atom. The van der Waals surface area contributed by atoms with E-state index in [1.165, 1.54) is 6.07 Å². The van der Waals surface area contributed by atoms with Crippen LogP contribution < -0.4 is 10.2 Å². The number of hydrogen-bond donors (Lipinski definition) is 2. The Morgan fingerprint density at radius 2 is 1.86 bits per heavy atom. The van der Waals surface area contributed by atoms with Crippen LogP contribution in [0.3, 0.4) is 0 Å². The van der Waals surface area contributed by atoms with Gasteiger partial charge in [0.1, 0.15) is 11.9 Å². The molecule has 186 valence electrons. The summed E-state index contributed by atoms with van der Waals surface area (Å²) in [5.41, 5.74) is 2.02.